The van der Waals surface area contributed by atoms with Crippen LogP contribution in [-0.4, -0.2) is 29.4 Å². The Morgan fingerprint density at radius 2 is 1.67 bits per heavy atom. The number of amides is 1. The number of halogens is 5. The first-order chi connectivity index (χ1) is 14.2. The molecule has 10 heteroatoms. The molecule has 0 saturated heterocycles. The number of nitrogens with zero attached hydrogens (tertiary/aromatic N) is 1. The van der Waals surface area contributed by atoms with Gasteiger partial charge in [0.15, 0.2) is 11.6 Å². The minimum atomic E-state index is -1.19. The molecule has 156 valence electrons. The van der Waals surface area contributed by atoms with Crippen molar-refractivity contribution in [1.82, 2.24) is 9.88 Å². The Bertz CT molecular complexity index is 1240. The lowest BCUT2D eigenvalue weighted by molar-refractivity contribution is 0.0330. The normalized spacial score (nSPS) is 15.9. The van der Waals surface area contributed by atoms with Crippen LogP contribution in [-0.2, 0) is 11.3 Å². The number of aromatic amines is 1. The van der Waals surface area contributed by atoms with E-state index in [-0.39, 0.29) is 34.2 Å². The van der Waals surface area contributed by atoms with Crippen molar-refractivity contribution in [2.45, 2.75) is 12.6 Å². The Balaban J connectivity index is 1.87. The highest BCUT2D eigenvalue weighted by molar-refractivity contribution is 9.10. The molecule has 1 aliphatic heterocycles. The molecule has 3 aromatic rings. The van der Waals surface area contributed by atoms with Crippen molar-refractivity contribution in [3.8, 4) is 0 Å². The first kappa shape index (κ1) is 20.5. The number of H-pyrrole nitrogens is 1. The van der Waals surface area contributed by atoms with Gasteiger partial charge in [-0.05, 0) is 29.7 Å². The number of hydrogen-bond acceptors (Lipinski definition) is 3. The van der Waals surface area contributed by atoms with E-state index in [9.17, 15) is 27.2 Å². The molecule has 30 heavy (non-hydrogen) atoms. The van der Waals surface area contributed by atoms with Crippen LogP contribution in [0.4, 0.5) is 17.6 Å². The van der Waals surface area contributed by atoms with Crippen molar-refractivity contribution in [1.29, 1.82) is 0 Å². The zero-order valence-electron chi connectivity index (χ0n) is 15.4. The number of hydrogen-bond donors (Lipinski definition) is 1. The number of fused-ring (bicyclic) bond motifs is 3. The van der Waals surface area contributed by atoms with Crippen molar-refractivity contribution < 1.29 is 27.1 Å². The lowest BCUT2D eigenvalue weighted by Gasteiger charge is -2.34. The lowest BCUT2D eigenvalue weighted by Crippen LogP contribution is -2.38. The molecule has 0 aliphatic carbocycles. The van der Waals surface area contributed by atoms with Crippen LogP contribution in [0.15, 0.2) is 33.5 Å². The lowest BCUT2D eigenvalue weighted by atomic mass is 9.95. The van der Waals surface area contributed by atoms with Crippen LogP contribution in [0.5, 0.6) is 0 Å². The van der Waals surface area contributed by atoms with E-state index in [1.807, 2.05) is 0 Å². The van der Waals surface area contributed by atoms with Crippen LogP contribution in [0, 0.1) is 23.3 Å². The molecular formula is C20H13BrF4N2O3. The highest BCUT2D eigenvalue weighted by atomic mass is 79.9. The Hall–Kier alpha value is -2.72. The summed E-state index contributed by atoms with van der Waals surface area (Å²) in [5, 5.41) is -0.0150. The molecule has 1 N–H and O–H groups in total. The number of benzene rings is 2. The molecule has 1 atom stereocenters. The molecule has 1 amide bonds. The second-order valence-electron chi connectivity index (χ2n) is 6.85. The Labute approximate surface area is 175 Å². The molecule has 0 saturated carbocycles. The molecule has 0 spiro atoms. The van der Waals surface area contributed by atoms with Gasteiger partial charge < -0.3 is 14.6 Å². The number of ether oxygens (including phenoxy) is 1. The van der Waals surface area contributed by atoms with Gasteiger partial charge in [0.2, 0.25) is 0 Å². The topological polar surface area (TPSA) is 62.4 Å². The van der Waals surface area contributed by atoms with Crippen molar-refractivity contribution >= 4 is 32.6 Å². The van der Waals surface area contributed by atoms with Gasteiger partial charge in [-0.1, -0.05) is 15.9 Å². The predicted octanol–water partition coefficient (Wildman–Crippen LogP) is 4.19. The van der Waals surface area contributed by atoms with Gasteiger partial charge in [0.05, 0.1) is 24.6 Å². The van der Waals surface area contributed by atoms with E-state index in [4.69, 9.17) is 4.74 Å². The summed E-state index contributed by atoms with van der Waals surface area (Å²) < 4.78 is 61.8. The predicted molar refractivity (Wildman–Crippen MR) is 103 cm³/mol. The second kappa shape index (κ2) is 7.51. The van der Waals surface area contributed by atoms with Gasteiger partial charge in [-0.25, -0.2) is 17.6 Å². The van der Waals surface area contributed by atoms with E-state index in [0.29, 0.717) is 5.56 Å². The molecule has 0 fully saturated rings. The zero-order chi connectivity index (χ0) is 21.7. The first-order valence-electron chi connectivity index (χ1n) is 8.72. The SMILES string of the molecule is CN(C(=O)c1c(F)cc(Br)cc1F)C1COCc2[nH]c(=O)c3cc(F)c(F)cc3c21. The van der Waals surface area contributed by atoms with Gasteiger partial charge in [0.1, 0.15) is 17.2 Å². The van der Waals surface area contributed by atoms with Crippen molar-refractivity contribution in [2.75, 3.05) is 13.7 Å². The summed E-state index contributed by atoms with van der Waals surface area (Å²) in [5.41, 5.74) is -0.820. The molecule has 0 radical (unpaired) electrons. The summed E-state index contributed by atoms with van der Waals surface area (Å²) in [5.74, 6) is -5.45. The van der Waals surface area contributed by atoms with Crippen LogP contribution in [0.1, 0.15) is 27.7 Å². The fourth-order valence-electron chi connectivity index (χ4n) is 3.61. The summed E-state index contributed by atoms with van der Waals surface area (Å²) in [6.45, 7) is -0.103. The standard InChI is InChI=1S/C20H13BrF4N2O3/c1-27(20(29)18-13(24)2-8(21)3-14(18)25)16-7-30-6-15-17(16)9-4-11(22)12(23)5-10(9)19(28)26-15/h2-5,16H,6-7H2,1H3,(H,26,28). The Kier molecular flexibility index (Phi) is 5.15. The summed E-state index contributed by atoms with van der Waals surface area (Å²) in [6.07, 6.45) is 0. The monoisotopic (exact) mass is 484 g/mol. The number of carbonyl (C=O) groups excluding carboxylic acids is 1. The fraction of sp³-hybridized carbons (Fsp3) is 0.200. The van der Waals surface area contributed by atoms with Crippen molar-refractivity contribution in [3.63, 3.8) is 0 Å². The highest BCUT2D eigenvalue weighted by Crippen LogP contribution is 2.34. The number of pyridine rings is 1. The third-order valence-electron chi connectivity index (χ3n) is 5.05. The third kappa shape index (κ3) is 3.29. The largest absolute Gasteiger partial charge is 0.373 e. The van der Waals surface area contributed by atoms with E-state index < -0.39 is 46.3 Å². The Morgan fingerprint density at radius 3 is 2.30 bits per heavy atom. The summed E-state index contributed by atoms with van der Waals surface area (Å²) >= 11 is 2.95. The van der Waals surface area contributed by atoms with Crippen molar-refractivity contribution in [2.24, 2.45) is 0 Å². The zero-order valence-corrected chi connectivity index (χ0v) is 16.9. The molecule has 2 heterocycles. The van der Waals surface area contributed by atoms with Crippen LogP contribution >= 0.6 is 15.9 Å². The van der Waals surface area contributed by atoms with Crippen LogP contribution in [0.25, 0.3) is 10.8 Å². The quantitative estimate of drug-likeness (QED) is 0.554. The Morgan fingerprint density at radius 1 is 1.07 bits per heavy atom. The van der Waals surface area contributed by atoms with E-state index >= 15 is 0 Å². The maximum Gasteiger partial charge on any atom is 0.260 e. The minimum absolute atomic E-state index is 0.0287. The number of carbonyl (C=O) groups is 1. The summed E-state index contributed by atoms with van der Waals surface area (Å²) in [6, 6.07) is 2.65. The molecule has 1 unspecified atom stereocenters. The minimum Gasteiger partial charge on any atom is -0.373 e. The van der Waals surface area contributed by atoms with Gasteiger partial charge in [0, 0.05) is 22.8 Å². The van der Waals surface area contributed by atoms with Gasteiger partial charge in [0.25, 0.3) is 11.5 Å². The molecule has 5 nitrogen and oxygen atoms in total. The maximum absolute atomic E-state index is 14.3. The maximum atomic E-state index is 14.3. The smallest absolute Gasteiger partial charge is 0.260 e. The number of nitrogens with one attached hydrogen (secondary N) is 1. The third-order valence-corrected chi connectivity index (χ3v) is 5.51. The van der Waals surface area contributed by atoms with E-state index in [2.05, 4.69) is 20.9 Å². The number of aromatic nitrogens is 1. The average molecular weight is 485 g/mol. The molecular weight excluding hydrogens is 472 g/mol. The average Bonchev–Trinajstić information content (AvgIpc) is 2.67. The van der Waals surface area contributed by atoms with Gasteiger partial charge >= 0.3 is 0 Å². The van der Waals surface area contributed by atoms with Gasteiger partial charge in [-0.3, -0.25) is 9.59 Å². The highest BCUT2D eigenvalue weighted by Gasteiger charge is 2.33. The van der Waals surface area contributed by atoms with Gasteiger partial charge in [-0.2, -0.15) is 0 Å². The van der Waals surface area contributed by atoms with E-state index in [0.717, 1.165) is 29.2 Å². The summed E-state index contributed by atoms with van der Waals surface area (Å²) in [7, 11) is 1.31. The van der Waals surface area contributed by atoms with E-state index in [1.165, 1.54) is 7.05 Å². The molecule has 0 bridgehead atoms. The van der Waals surface area contributed by atoms with Crippen LogP contribution in [0.3, 0.4) is 0 Å². The number of rotatable bonds is 2. The summed E-state index contributed by atoms with van der Waals surface area (Å²) in [4.78, 5) is 28.8. The van der Waals surface area contributed by atoms with Crippen molar-refractivity contribution in [3.05, 3.63) is 79.2 Å². The van der Waals surface area contributed by atoms with Crippen LogP contribution in [0.2, 0.25) is 0 Å². The van der Waals surface area contributed by atoms with Crippen LogP contribution < -0.4 is 5.56 Å². The first-order valence-corrected chi connectivity index (χ1v) is 9.51. The fourth-order valence-corrected chi connectivity index (χ4v) is 4.01. The number of likely N-dealkylation sites (N-methyl/N-ethyl adjacent to an activating group) is 1. The molecule has 2 aromatic carbocycles. The molecule has 1 aromatic heterocycles. The van der Waals surface area contributed by atoms with Gasteiger partial charge in [-0.15, -0.1) is 0 Å². The molecule has 4 rings (SSSR count). The molecule has 1 aliphatic rings. The second-order valence-corrected chi connectivity index (χ2v) is 7.77. The van der Waals surface area contributed by atoms with E-state index in [1.54, 1.807) is 0 Å².